The molecule has 0 atom stereocenters. The average molecular weight is 257 g/mol. The minimum atomic E-state index is 0.232. The van der Waals surface area contributed by atoms with Gasteiger partial charge in [0.05, 0.1) is 0 Å². The quantitative estimate of drug-likeness (QED) is 0.428. The van der Waals surface area contributed by atoms with Gasteiger partial charge < -0.3 is 0 Å². The van der Waals surface area contributed by atoms with E-state index in [9.17, 15) is 0 Å². The summed E-state index contributed by atoms with van der Waals surface area (Å²) < 4.78 is 0. The molecular formula is C17H11N3. The summed E-state index contributed by atoms with van der Waals surface area (Å²) in [5.74, 6) is 0.532. The van der Waals surface area contributed by atoms with Gasteiger partial charge in [-0.2, -0.15) is 0 Å². The van der Waals surface area contributed by atoms with E-state index in [0.29, 0.717) is 5.92 Å². The molecule has 0 radical (unpaired) electrons. The Kier molecular flexibility index (Phi) is 1.80. The summed E-state index contributed by atoms with van der Waals surface area (Å²) in [4.78, 5) is 13.0. The fraction of sp³-hybridized carbons (Fsp3) is 0.118. The smallest absolute Gasteiger partial charge is 0.0394 e. The van der Waals surface area contributed by atoms with Crippen LogP contribution in [0.25, 0.3) is 0 Å². The SMILES string of the molecule is c1cc2c(cn1)C1c3cnccc3C2c2ccncc21. The van der Waals surface area contributed by atoms with Crippen molar-refractivity contribution in [2.24, 2.45) is 0 Å². The van der Waals surface area contributed by atoms with Crippen molar-refractivity contribution in [2.75, 3.05) is 0 Å². The van der Waals surface area contributed by atoms with E-state index in [-0.39, 0.29) is 5.92 Å². The van der Waals surface area contributed by atoms with Gasteiger partial charge in [0.25, 0.3) is 0 Å². The van der Waals surface area contributed by atoms with E-state index < -0.39 is 0 Å². The fourth-order valence-electron chi connectivity index (χ4n) is 3.77. The molecule has 0 aliphatic heterocycles. The zero-order chi connectivity index (χ0) is 13.1. The Morgan fingerprint density at radius 3 is 1.25 bits per heavy atom. The van der Waals surface area contributed by atoms with Crippen LogP contribution in [0.1, 0.15) is 45.2 Å². The summed E-state index contributed by atoms with van der Waals surface area (Å²) in [7, 11) is 0. The molecule has 3 aromatic heterocycles. The van der Waals surface area contributed by atoms with Crippen LogP contribution in [0.2, 0.25) is 0 Å². The highest BCUT2D eigenvalue weighted by molar-refractivity contribution is 5.66. The van der Waals surface area contributed by atoms with Crippen LogP contribution in [0.15, 0.2) is 55.4 Å². The van der Waals surface area contributed by atoms with Crippen LogP contribution in [0, 0.1) is 0 Å². The van der Waals surface area contributed by atoms with Crippen LogP contribution in [0.3, 0.4) is 0 Å². The second-order valence-corrected chi connectivity index (χ2v) is 5.38. The molecule has 0 saturated carbocycles. The zero-order valence-electron chi connectivity index (χ0n) is 10.7. The van der Waals surface area contributed by atoms with Crippen molar-refractivity contribution in [3.63, 3.8) is 0 Å². The average Bonchev–Trinajstić information content (AvgIpc) is 2.54. The topological polar surface area (TPSA) is 38.7 Å². The van der Waals surface area contributed by atoms with E-state index in [4.69, 9.17) is 0 Å². The molecule has 0 aromatic carbocycles. The minimum absolute atomic E-state index is 0.232. The van der Waals surface area contributed by atoms with Gasteiger partial charge in [0, 0.05) is 49.0 Å². The second kappa shape index (κ2) is 3.51. The standard InChI is InChI=1S/C17H11N3/c1-4-18-7-13-10(1)16-11-2-5-19-8-14(11)17(13)15-9-20-6-3-12(15)16/h1-9,16-17H. The van der Waals surface area contributed by atoms with Crippen LogP contribution < -0.4 is 0 Å². The molecule has 3 heteroatoms. The highest BCUT2D eigenvalue weighted by Gasteiger charge is 2.41. The van der Waals surface area contributed by atoms with Gasteiger partial charge >= 0.3 is 0 Å². The molecule has 0 amide bonds. The third-order valence-electron chi connectivity index (χ3n) is 4.53. The molecule has 2 bridgehead atoms. The van der Waals surface area contributed by atoms with Gasteiger partial charge in [0.15, 0.2) is 0 Å². The molecule has 94 valence electrons. The lowest BCUT2D eigenvalue weighted by molar-refractivity contribution is 0.737. The number of pyridine rings is 3. The Balaban J connectivity index is 1.93. The summed E-state index contributed by atoms with van der Waals surface area (Å²) in [5.41, 5.74) is 8.04. The Labute approximate surface area is 116 Å². The summed E-state index contributed by atoms with van der Waals surface area (Å²) in [6.45, 7) is 0. The summed E-state index contributed by atoms with van der Waals surface area (Å²) in [6.07, 6.45) is 11.7. The van der Waals surface area contributed by atoms with Crippen molar-refractivity contribution >= 4 is 0 Å². The molecular weight excluding hydrogens is 246 g/mol. The monoisotopic (exact) mass is 257 g/mol. The highest BCUT2D eigenvalue weighted by Crippen LogP contribution is 2.54. The Hall–Kier alpha value is -2.55. The van der Waals surface area contributed by atoms with Crippen molar-refractivity contribution in [2.45, 2.75) is 11.8 Å². The molecule has 3 aliphatic rings. The lowest BCUT2D eigenvalue weighted by atomic mass is 9.62. The number of rotatable bonds is 0. The van der Waals surface area contributed by atoms with E-state index in [2.05, 4.69) is 33.2 Å². The molecule has 0 saturated heterocycles. The van der Waals surface area contributed by atoms with E-state index >= 15 is 0 Å². The first-order valence-corrected chi connectivity index (χ1v) is 6.76. The lowest BCUT2D eigenvalue weighted by Gasteiger charge is -2.41. The predicted molar refractivity (Wildman–Crippen MR) is 74.6 cm³/mol. The van der Waals surface area contributed by atoms with Gasteiger partial charge in [-0.25, -0.2) is 0 Å². The molecule has 0 N–H and O–H groups in total. The third-order valence-corrected chi connectivity index (χ3v) is 4.53. The minimum Gasteiger partial charge on any atom is -0.264 e. The molecule has 0 spiro atoms. The van der Waals surface area contributed by atoms with Crippen LogP contribution in [-0.4, -0.2) is 15.0 Å². The third kappa shape index (κ3) is 1.09. The number of aromatic nitrogens is 3. The molecule has 20 heavy (non-hydrogen) atoms. The molecule has 3 heterocycles. The molecule has 0 unspecified atom stereocenters. The maximum absolute atomic E-state index is 4.32. The summed E-state index contributed by atoms with van der Waals surface area (Å²) >= 11 is 0. The summed E-state index contributed by atoms with van der Waals surface area (Å²) in [5, 5.41) is 0. The van der Waals surface area contributed by atoms with Crippen LogP contribution in [-0.2, 0) is 0 Å². The molecule has 6 rings (SSSR count). The van der Waals surface area contributed by atoms with Gasteiger partial charge in [-0.1, -0.05) is 0 Å². The maximum Gasteiger partial charge on any atom is 0.0394 e. The molecule has 3 aromatic rings. The summed E-state index contributed by atoms with van der Waals surface area (Å²) in [6, 6.07) is 6.46. The van der Waals surface area contributed by atoms with Crippen molar-refractivity contribution in [3.8, 4) is 0 Å². The first-order valence-electron chi connectivity index (χ1n) is 6.76. The van der Waals surface area contributed by atoms with E-state index in [1.165, 1.54) is 33.4 Å². The van der Waals surface area contributed by atoms with Gasteiger partial charge in [-0.3, -0.25) is 15.0 Å². The number of nitrogens with zero attached hydrogens (tertiary/aromatic N) is 3. The normalized spacial score (nSPS) is 21.0. The first-order chi connectivity index (χ1) is 9.95. The number of hydrogen-bond acceptors (Lipinski definition) is 3. The van der Waals surface area contributed by atoms with Gasteiger partial charge in [-0.05, 0) is 51.6 Å². The Morgan fingerprint density at radius 1 is 0.500 bits per heavy atom. The van der Waals surface area contributed by atoms with Crippen molar-refractivity contribution < 1.29 is 0 Å². The Morgan fingerprint density at radius 2 is 0.850 bits per heavy atom. The van der Waals surface area contributed by atoms with Gasteiger partial charge in [-0.15, -0.1) is 0 Å². The van der Waals surface area contributed by atoms with Crippen LogP contribution >= 0.6 is 0 Å². The van der Waals surface area contributed by atoms with Crippen molar-refractivity contribution in [3.05, 3.63) is 88.8 Å². The molecule has 3 aliphatic carbocycles. The predicted octanol–water partition coefficient (Wildman–Crippen LogP) is 2.86. The van der Waals surface area contributed by atoms with Crippen LogP contribution in [0.4, 0.5) is 0 Å². The fourth-order valence-corrected chi connectivity index (χ4v) is 3.77. The second-order valence-electron chi connectivity index (χ2n) is 5.38. The van der Waals surface area contributed by atoms with Crippen molar-refractivity contribution in [1.82, 2.24) is 15.0 Å². The van der Waals surface area contributed by atoms with Gasteiger partial charge in [0.2, 0.25) is 0 Å². The molecule has 3 nitrogen and oxygen atoms in total. The largest absolute Gasteiger partial charge is 0.264 e. The maximum atomic E-state index is 4.32. The molecule has 0 fully saturated rings. The zero-order valence-corrected chi connectivity index (χ0v) is 10.7. The lowest BCUT2D eigenvalue weighted by Crippen LogP contribution is -2.27. The number of hydrogen-bond donors (Lipinski definition) is 0. The first kappa shape index (κ1) is 10.3. The van der Waals surface area contributed by atoms with E-state index in [1.54, 1.807) is 0 Å². The van der Waals surface area contributed by atoms with Crippen LogP contribution in [0.5, 0.6) is 0 Å². The van der Waals surface area contributed by atoms with E-state index in [0.717, 1.165) is 0 Å². The van der Waals surface area contributed by atoms with Crippen molar-refractivity contribution in [1.29, 1.82) is 0 Å². The van der Waals surface area contributed by atoms with Gasteiger partial charge in [0.1, 0.15) is 0 Å². The highest BCUT2D eigenvalue weighted by atomic mass is 14.7. The Bertz CT molecular complexity index is 659. The van der Waals surface area contributed by atoms with E-state index in [1.807, 2.05) is 37.2 Å².